The number of piperidine rings is 1. The number of carboxylic acid groups (broad SMARTS) is 1. The van der Waals surface area contributed by atoms with Crippen LogP contribution in [0.25, 0.3) is 0 Å². The molecule has 0 aromatic heterocycles. The van der Waals surface area contributed by atoms with E-state index >= 15 is 0 Å². The zero-order valence-electron chi connectivity index (χ0n) is 12.7. The van der Waals surface area contributed by atoms with Crippen molar-refractivity contribution in [2.75, 3.05) is 26.7 Å². The van der Waals surface area contributed by atoms with Crippen LogP contribution in [-0.4, -0.2) is 48.2 Å². The van der Waals surface area contributed by atoms with Crippen LogP contribution in [-0.2, 0) is 4.79 Å². The summed E-state index contributed by atoms with van der Waals surface area (Å²) in [5, 5.41) is 12.8. The standard InChI is InChI=1S/C16H28N2O2/c1-17-16(14(19)20,13-4-5-13)12-18-10-8-15(9-11-18)6-2-3-7-15/h13,17H,2-12H2,1H3,(H,19,20). The van der Waals surface area contributed by atoms with E-state index in [0.29, 0.717) is 17.9 Å². The van der Waals surface area contributed by atoms with Crippen molar-refractivity contribution in [3.8, 4) is 0 Å². The highest BCUT2D eigenvalue weighted by molar-refractivity contribution is 5.80. The maximum atomic E-state index is 11.8. The van der Waals surface area contributed by atoms with Crippen LogP contribution in [0.4, 0.5) is 0 Å². The molecule has 0 bridgehead atoms. The predicted octanol–water partition coefficient (Wildman–Crippen LogP) is 2.10. The van der Waals surface area contributed by atoms with Crippen molar-refractivity contribution in [2.24, 2.45) is 11.3 Å². The smallest absolute Gasteiger partial charge is 0.325 e. The van der Waals surface area contributed by atoms with Crippen LogP contribution >= 0.6 is 0 Å². The minimum Gasteiger partial charge on any atom is -0.480 e. The molecule has 20 heavy (non-hydrogen) atoms. The summed E-state index contributed by atoms with van der Waals surface area (Å²) in [6.45, 7) is 2.85. The SMILES string of the molecule is CNC(CN1CCC2(CCCC2)CC1)(C(=O)O)C1CC1. The van der Waals surface area contributed by atoms with Crippen molar-refractivity contribution in [1.82, 2.24) is 10.2 Å². The first-order valence-electron chi connectivity index (χ1n) is 8.25. The Bertz CT molecular complexity index is 365. The van der Waals surface area contributed by atoms with Gasteiger partial charge >= 0.3 is 5.97 Å². The Hall–Kier alpha value is -0.610. The summed E-state index contributed by atoms with van der Waals surface area (Å²) in [6.07, 6.45) is 10.3. The van der Waals surface area contributed by atoms with E-state index in [2.05, 4.69) is 10.2 Å². The fourth-order valence-corrected chi connectivity index (χ4v) is 4.50. The van der Waals surface area contributed by atoms with Gasteiger partial charge in [0.25, 0.3) is 0 Å². The number of likely N-dealkylation sites (tertiary alicyclic amines) is 1. The minimum absolute atomic E-state index is 0.326. The Morgan fingerprint density at radius 2 is 1.85 bits per heavy atom. The lowest BCUT2D eigenvalue weighted by molar-refractivity contribution is -0.147. The average molecular weight is 280 g/mol. The minimum atomic E-state index is -0.708. The number of aliphatic carboxylic acids is 1. The van der Waals surface area contributed by atoms with Crippen molar-refractivity contribution in [1.29, 1.82) is 0 Å². The Morgan fingerprint density at radius 3 is 2.30 bits per heavy atom. The molecule has 3 rings (SSSR count). The van der Waals surface area contributed by atoms with E-state index in [9.17, 15) is 9.90 Å². The van der Waals surface area contributed by atoms with Gasteiger partial charge in [0.2, 0.25) is 0 Å². The third kappa shape index (κ3) is 2.48. The maximum Gasteiger partial charge on any atom is 0.325 e. The molecule has 1 atom stereocenters. The average Bonchev–Trinajstić information content (AvgIpc) is 3.20. The molecule has 1 spiro atoms. The lowest BCUT2D eigenvalue weighted by atomic mass is 9.76. The van der Waals surface area contributed by atoms with Crippen molar-refractivity contribution in [3.05, 3.63) is 0 Å². The molecule has 2 N–H and O–H groups in total. The van der Waals surface area contributed by atoms with Gasteiger partial charge in [-0.2, -0.15) is 0 Å². The highest BCUT2D eigenvalue weighted by Crippen LogP contribution is 2.47. The van der Waals surface area contributed by atoms with E-state index in [1.165, 1.54) is 38.5 Å². The molecule has 4 heteroatoms. The molecule has 1 heterocycles. The molecule has 0 amide bonds. The van der Waals surface area contributed by atoms with Crippen molar-refractivity contribution >= 4 is 5.97 Å². The molecule has 114 valence electrons. The molecule has 1 unspecified atom stereocenters. The number of nitrogens with zero attached hydrogens (tertiary/aromatic N) is 1. The van der Waals surface area contributed by atoms with E-state index in [1.54, 1.807) is 0 Å². The van der Waals surface area contributed by atoms with Gasteiger partial charge < -0.3 is 15.3 Å². The Labute approximate surface area is 121 Å². The van der Waals surface area contributed by atoms with Crippen LogP contribution in [0.5, 0.6) is 0 Å². The number of hydrogen-bond acceptors (Lipinski definition) is 3. The first-order valence-corrected chi connectivity index (χ1v) is 8.25. The summed E-state index contributed by atoms with van der Waals surface area (Å²) in [6, 6.07) is 0. The Balaban J connectivity index is 1.61. The number of rotatable bonds is 5. The summed E-state index contributed by atoms with van der Waals surface area (Å²) in [4.78, 5) is 14.2. The van der Waals surface area contributed by atoms with Gasteiger partial charge in [-0.15, -0.1) is 0 Å². The second kappa shape index (κ2) is 5.30. The predicted molar refractivity (Wildman–Crippen MR) is 78.7 cm³/mol. The van der Waals surface area contributed by atoms with Crippen LogP contribution in [0.2, 0.25) is 0 Å². The van der Waals surface area contributed by atoms with Crippen LogP contribution < -0.4 is 5.32 Å². The molecule has 2 aliphatic carbocycles. The molecule has 1 aliphatic heterocycles. The van der Waals surface area contributed by atoms with Crippen LogP contribution in [0.3, 0.4) is 0 Å². The molecule has 0 aromatic carbocycles. The monoisotopic (exact) mass is 280 g/mol. The van der Waals surface area contributed by atoms with Gasteiger partial charge in [0.1, 0.15) is 5.54 Å². The van der Waals surface area contributed by atoms with Crippen LogP contribution in [0, 0.1) is 11.3 Å². The van der Waals surface area contributed by atoms with E-state index < -0.39 is 11.5 Å². The van der Waals surface area contributed by atoms with Crippen LogP contribution in [0.15, 0.2) is 0 Å². The largest absolute Gasteiger partial charge is 0.480 e. The fourth-order valence-electron chi connectivity index (χ4n) is 4.50. The third-order valence-corrected chi connectivity index (χ3v) is 6.16. The van der Waals surface area contributed by atoms with E-state index in [1.807, 2.05) is 7.05 Å². The molecule has 0 aromatic rings. The van der Waals surface area contributed by atoms with Gasteiger partial charge in [0.05, 0.1) is 0 Å². The second-order valence-electron chi connectivity index (χ2n) is 7.28. The number of nitrogens with one attached hydrogen (secondary N) is 1. The quantitative estimate of drug-likeness (QED) is 0.810. The van der Waals surface area contributed by atoms with Crippen molar-refractivity contribution < 1.29 is 9.90 Å². The van der Waals surface area contributed by atoms with Crippen molar-refractivity contribution in [3.63, 3.8) is 0 Å². The highest BCUT2D eigenvalue weighted by Gasteiger charge is 2.51. The molecule has 2 saturated carbocycles. The zero-order chi connectivity index (χ0) is 14.2. The maximum absolute atomic E-state index is 11.8. The van der Waals surface area contributed by atoms with E-state index in [4.69, 9.17) is 0 Å². The van der Waals surface area contributed by atoms with Crippen LogP contribution in [0.1, 0.15) is 51.4 Å². The third-order valence-electron chi connectivity index (χ3n) is 6.16. The summed E-state index contributed by atoms with van der Waals surface area (Å²) < 4.78 is 0. The van der Waals surface area contributed by atoms with Crippen molar-refractivity contribution in [2.45, 2.75) is 56.9 Å². The molecule has 3 fully saturated rings. The summed E-state index contributed by atoms with van der Waals surface area (Å²) >= 11 is 0. The first-order chi connectivity index (χ1) is 9.60. The highest BCUT2D eigenvalue weighted by atomic mass is 16.4. The molecular formula is C16H28N2O2. The summed E-state index contributed by atoms with van der Waals surface area (Å²) in [5.41, 5.74) is -0.0954. The van der Waals surface area contributed by atoms with Gasteiger partial charge in [-0.1, -0.05) is 12.8 Å². The fraction of sp³-hybridized carbons (Fsp3) is 0.938. The lowest BCUT2D eigenvalue weighted by Gasteiger charge is -2.43. The van der Waals surface area contributed by atoms with Gasteiger partial charge in [0.15, 0.2) is 0 Å². The molecule has 3 aliphatic rings. The van der Waals surface area contributed by atoms with Gasteiger partial charge in [0, 0.05) is 6.54 Å². The molecule has 0 radical (unpaired) electrons. The molecular weight excluding hydrogens is 252 g/mol. The second-order valence-corrected chi connectivity index (χ2v) is 7.28. The Morgan fingerprint density at radius 1 is 1.25 bits per heavy atom. The Kier molecular flexibility index (Phi) is 3.80. The molecule has 4 nitrogen and oxygen atoms in total. The lowest BCUT2D eigenvalue weighted by Crippen LogP contribution is -2.60. The number of carboxylic acids is 1. The number of carbonyl (C=O) groups is 1. The normalized spacial score (nSPS) is 29.4. The first kappa shape index (κ1) is 14.3. The van der Waals surface area contributed by atoms with Gasteiger partial charge in [-0.3, -0.25) is 4.79 Å². The van der Waals surface area contributed by atoms with Gasteiger partial charge in [-0.05, 0) is 70.0 Å². The number of likely N-dealkylation sites (N-methyl/N-ethyl adjacent to an activating group) is 1. The zero-order valence-corrected chi connectivity index (χ0v) is 12.7. The van der Waals surface area contributed by atoms with E-state index in [-0.39, 0.29) is 0 Å². The number of hydrogen-bond donors (Lipinski definition) is 2. The van der Waals surface area contributed by atoms with E-state index in [0.717, 1.165) is 25.9 Å². The van der Waals surface area contributed by atoms with Gasteiger partial charge in [-0.25, -0.2) is 0 Å². The molecule has 1 saturated heterocycles. The summed E-state index contributed by atoms with van der Waals surface area (Å²) in [5.74, 6) is -0.337. The topological polar surface area (TPSA) is 52.6 Å². The summed E-state index contributed by atoms with van der Waals surface area (Å²) in [7, 11) is 1.81.